The fourth-order valence-corrected chi connectivity index (χ4v) is 4.61. The second-order valence-corrected chi connectivity index (χ2v) is 8.29. The summed E-state index contributed by atoms with van der Waals surface area (Å²) in [4.78, 5) is 5.18. The third-order valence-corrected chi connectivity index (χ3v) is 6.36. The minimum Gasteiger partial charge on any atom is -0.493 e. The molecule has 0 bridgehead atoms. The van der Waals surface area contributed by atoms with Crippen molar-refractivity contribution in [3.63, 3.8) is 0 Å². The van der Waals surface area contributed by atoms with E-state index in [-0.39, 0.29) is 0 Å². The zero-order chi connectivity index (χ0) is 22.2. The van der Waals surface area contributed by atoms with Crippen molar-refractivity contribution in [2.45, 2.75) is 13.3 Å². The second-order valence-electron chi connectivity index (χ2n) is 7.44. The normalized spacial score (nSPS) is 11.2. The summed E-state index contributed by atoms with van der Waals surface area (Å²) >= 11 is 3.71. The largest absolute Gasteiger partial charge is 0.493 e. The van der Waals surface area contributed by atoms with Crippen LogP contribution in [0.3, 0.4) is 0 Å². The molecule has 32 heavy (non-hydrogen) atoms. The van der Waals surface area contributed by atoms with Crippen LogP contribution in [0.5, 0.6) is 11.5 Å². The number of aromatic nitrogens is 3. The molecule has 0 saturated carbocycles. The van der Waals surface area contributed by atoms with Crippen molar-refractivity contribution < 1.29 is 9.47 Å². The molecule has 0 aliphatic rings. The highest BCUT2D eigenvalue weighted by atomic mass is 79.9. The smallest absolute Gasteiger partial charge is 0.164 e. The summed E-state index contributed by atoms with van der Waals surface area (Å²) in [5.74, 6) is 1.35. The number of para-hydroxylation sites is 1. The molecule has 2 aromatic heterocycles. The lowest BCUT2D eigenvalue weighted by Crippen LogP contribution is -1.99. The molecule has 5 nitrogen and oxygen atoms in total. The van der Waals surface area contributed by atoms with Crippen molar-refractivity contribution in [1.29, 1.82) is 0 Å². The summed E-state index contributed by atoms with van der Waals surface area (Å²) in [6.07, 6.45) is 0.788. The van der Waals surface area contributed by atoms with Crippen LogP contribution in [0.4, 0.5) is 0 Å². The van der Waals surface area contributed by atoms with Crippen LogP contribution in [0.25, 0.3) is 38.8 Å². The van der Waals surface area contributed by atoms with Gasteiger partial charge < -0.3 is 9.47 Å². The third kappa shape index (κ3) is 3.22. The number of rotatable bonds is 5. The van der Waals surface area contributed by atoms with Crippen molar-refractivity contribution >= 4 is 37.7 Å². The van der Waals surface area contributed by atoms with E-state index in [1.54, 1.807) is 14.2 Å². The highest BCUT2D eigenvalue weighted by Crippen LogP contribution is 2.42. The molecule has 0 N–H and O–H groups in total. The highest BCUT2D eigenvalue weighted by Gasteiger charge is 2.21. The predicted octanol–water partition coefficient (Wildman–Crippen LogP) is 6.58. The van der Waals surface area contributed by atoms with Gasteiger partial charge in [-0.25, -0.2) is 9.67 Å². The highest BCUT2D eigenvalue weighted by molar-refractivity contribution is 9.10. The molecular formula is C26H22BrN3O2. The van der Waals surface area contributed by atoms with Crippen molar-refractivity contribution in [2.75, 3.05) is 14.2 Å². The minimum atomic E-state index is 0.669. The quantitative estimate of drug-likeness (QED) is 0.280. The maximum absolute atomic E-state index is 5.65. The fourth-order valence-electron chi connectivity index (χ4n) is 4.14. The van der Waals surface area contributed by atoms with Crippen LogP contribution in [0.2, 0.25) is 0 Å². The summed E-state index contributed by atoms with van der Waals surface area (Å²) in [6, 6.07) is 22.3. The topological polar surface area (TPSA) is 49.2 Å². The Morgan fingerprint density at radius 1 is 0.875 bits per heavy atom. The van der Waals surface area contributed by atoms with Gasteiger partial charge in [-0.1, -0.05) is 59.3 Å². The van der Waals surface area contributed by atoms with E-state index in [0.717, 1.165) is 55.3 Å². The van der Waals surface area contributed by atoms with Crippen LogP contribution in [-0.4, -0.2) is 29.0 Å². The van der Waals surface area contributed by atoms with Gasteiger partial charge in [0.25, 0.3) is 0 Å². The van der Waals surface area contributed by atoms with Crippen molar-refractivity contribution in [2.24, 2.45) is 0 Å². The van der Waals surface area contributed by atoms with Crippen LogP contribution in [-0.2, 0) is 6.42 Å². The number of halogens is 1. The molecule has 5 rings (SSSR count). The van der Waals surface area contributed by atoms with E-state index in [2.05, 4.69) is 28.9 Å². The number of benzene rings is 3. The molecule has 0 aliphatic carbocycles. The average molecular weight is 488 g/mol. The molecule has 2 heterocycles. The minimum absolute atomic E-state index is 0.669. The molecule has 0 saturated heterocycles. The molecule has 6 heteroatoms. The van der Waals surface area contributed by atoms with Gasteiger partial charge in [-0.2, -0.15) is 5.10 Å². The molecule has 0 radical (unpaired) electrons. The summed E-state index contributed by atoms with van der Waals surface area (Å²) < 4.78 is 14.2. The number of hydrogen-bond donors (Lipinski definition) is 0. The summed E-state index contributed by atoms with van der Waals surface area (Å²) in [5.41, 5.74) is 4.65. The standard InChI is InChI=1S/C26H22BrN3O2/c1-4-21-24-18-14-22(31-2)23(32-3)15-19(18)25(17-12-8-9-13-20(17)27)28-26(24)30(29-21)16-10-6-5-7-11-16/h5-15H,4H2,1-3H3. The van der Waals surface area contributed by atoms with E-state index < -0.39 is 0 Å². The van der Waals surface area contributed by atoms with Crippen LogP contribution >= 0.6 is 15.9 Å². The first-order chi connectivity index (χ1) is 15.7. The van der Waals surface area contributed by atoms with Gasteiger partial charge in [0.1, 0.15) is 0 Å². The maximum Gasteiger partial charge on any atom is 0.164 e. The van der Waals surface area contributed by atoms with Crippen LogP contribution in [0, 0.1) is 0 Å². The lowest BCUT2D eigenvalue weighted by Gasteiger charge is -2.14. The number of pyridine rings is 1. The van der Waals surface area contributed by atoms with E-state index in [4.69, 9.17) is 19.6 Å². The lowest BCUT2D eigenvalue weighted by molar-refractivity contribution is 0.356. The number of hydrogen-bond acceptors (Lipinski definition) is 4. The molecule has 5 aromatic rings. The van der Waals surface area contributed by atoms with Gasteiger partial charge in [-0.05, 0) is 36.8 Å². The Kier molecular flexibility index (Phi) is 5.31. The van der Waals surface area contributed by atoms with Crippen molar-refractivity contribution in [3.05, 3.63) is 76.9 Å². The summed E-state index contributed by atoms with van der Waals surface area (Å²) in [7, 11) is 3.31. The summed E-state index contributed by atoms with van der Waals surface area (Å²) in [5, 5.41) is 8.01. The van der Waals surface area contributed by atoms with Crippen molar-refractivity contribution in [1.82, 2.24) is 14.8 Å². The Bertz CT molecular complexity index is 1440. The molecule has 0 fully saturated rings. The maximum atomic E-state index is 5.65. The Labute approximate surface area is 194 Å². The molecule has 0 atom stereocenters. The molecule has 3 aromatic carbocycles. The zero-order valence-electron chi connectivity index (χ0n) is 18.1. The number of methoxy groups -OCH3 is 2. The van der Waals surface area contributed by atoms with Gasteiger partial charge >= 0.3 is 0 Å². The van der Waals surface area contributed by atoms with Crippen LogP contribution in [0.15, 0.2) is 71.2 Å². The monoisotopic (exact) mass is 487 g/mol. The number of fused-ring (bicyclic) bond motifs is 3. The van der Waals surface area contributed by atoms with Gasteiger partial charge in [0.05, 0.1) is 36.7 Å². The number of aryl methyl sites for hydroxylation is 1. The zero-order valence-corrected chi connectivity index (χ0v) is 19.7. The van der Waals surface area contributed by atoms with E-state index in [9.17, 15) is 0 Å². The van der Waals surface area contributed by atoms with Crippen LogP contribution in [0.1, 0.15) is 12.6 Å². The van der Waals surface area contributed by atoms with E-state index in [1.165, 1.54) is 0 Å². The van der Waals surface area contributed by atoms with Gasteiger partial charge in [0.2, 0.25) is 0 Å². The first kappa shape index (κ1) is 20.5. The molecule has 0 spiro atoms. The molecule has 0 unspecified atom stereocenters. The Morgan fingerprint density at radius 2 is 1.53 bits per heavy atom. The summed E-state index contributed by atoms with van der Waals surface area (Å²) in [6.45, 7) is 2.12. The molecular weight excluding hydrogens is 466 g/mol. The Morgan fingerprint density at radius 3 is 2.19 bits per heavy atom. The van der Waals surface area contributed by atoms with Gasteiger partial charge in [-0.3, -0.25) is 0 Å². The Hall–Kier alpha value is -3.38. The number of ether oxygens (including phenoxy) is 2. The third-order valence-electron chi connectivity index (χ3n) is 5.66. The first-order valence-electron chi connectivity index (χ1n) is 10.4. The first-order valence-corrected chi connectivity index (χ1v) is 11.2. The lowest BCUT2D eigenvalue weighted by atomic mass is 9.99. The second kappa shape index (κ2) is 8.28. The Balaban J connectivity index is 1.98. The predicted molar refractivity (Wildman–Crippen MR) is 132 cm³/mol. The van der Waals surface area contributed by atoms with E-state index in [1.807, 2.05) is 65.3 Å². The fraction of sp³-hybridized carbons (Fsp3) is 0.154. The van der Waals surface area contributed by atoms with Gasteiger partial charge in [0, 0.05) is 20.8 Å². The number of nitrogens with zero attached hydrogens (tertiary/aromatic N) is 3. The van der Waals surface area contributed by atoms with E-state index in [0.29, 0.717) is 11.5 Å². The average Bonchev–Trinajstić information content (AvgIpc) is 3.22. The van der Waals surface area contributed by atoms with Crippen molar-refractivity contribution in [3.8, 4) is 28.4 Å². The SMILES string of the molecule is CCc1nn(-c2ccccc2)c2nc(-c3ccccc3Br)c3cc(OC)c(OC)cc3c12. The van der Waals surface area contributed by atoms with Gasteiger partial charge in [0.15, 0.2) is 17.1 Å². The molecule has 0 aliphatic heterocycles. The molecule has 0 amide bonds. The van der Waals surface area contributed by atoms with Crippen LogP contribution < -0.4 is 9.47 Å². The van der Waals surface area contributed by atoms with E-state index >= 15 is 0 Å². The molecule has 160 valence electrons. The van der Waals surface area contributed by atoms with Gasteiger partial charge in [-0.15, -0.1) is 0 Å².